The minimum Gasteiger partial charge on any atom is -0.488 e. The summed E-state index contributed by atoms with van der Waals surface area (Å²) < 4.78 is 12.8. The fraction of sp³-hybridized carbons (Fsp3) is 0.211. The van der Waals surface area contributed by atoms with Crippen LogP contribution in [0.4, 0.5) is 0 Å². The molecule has 0 radical (unpaired) electrons. The molecule has 0 fully saturated rings. The lowest BCUT2D eigenvalue weighted by Crippen LogP contribution is -2.11. The molecule has 1 aromatic heterocycles. The van der Waals surface area contributed by atoms with Crippen molar-refractivity contribution in [2.45, 2.75) is 13.2 Å². The maximum absolute atomic E-state index is 11.5. The Bertz CT molecular complexity index is 839. The summed E-state index contributed by atoms with van der Waals surface area (Å²) in [6, 6.07) is 17.2. The number of aromatic carboxylic acids is 1. The van der Waals surface area contributed by atoms with Crippen LogP contribution in [0.3, 0.4) is 0 Å². The van der Waals surface area contributed by atoms with E-state index in [0.717, 1.165) is 16.5 Å². The largest absolute Gasteiger partial charge is 0.488 e. The molecule has 1 N–H and O–H groups in total. The van der Waals surface area contributed by atoms with Crippen LogP contribution in [0.2, 0.25) is 0 Å². The molecule has 3 aromatic rings. The van der Waals surface area contributed by atoms with Crippen molar-refractivity contribution in [3.05, 3.63) is 65.9 Å². The zero-order valence-electron chi connectivity index (χ0n) is 13.4. The molecular weight excluding hydrogens is 306 g/mol. The molecule has 3 rings (SSSR count). The molecule has 24 heavy (non-hydrogen) atoms. The number of carboxylic acid groups (broad SMARTS) is 1. The first-order valence-electron chi connectivity index (χ1n) is 7.72. The van der Waals surface area contributed by atoms with E-state index in [-0.39, 0.29) is 5.69 Å². The van der Waals surface area contributed by atoms with Crippen LogP contribution < -0.4 is 4.74 Å². The summed E-state index contributed by atoms with van der Waals surface area (Å²) in [5.74, 6) is -0.286. The van der Waals surface area contributed by atoms with Crippen LogP contribution in [0, 0.1) is 0 Å². The number of hydrogen-bond donors (Lipinski definition) is 1. The first-order valence-corrected chi connectivity index (χ1v) is 7.72. The van der Waals surface area contributed by atoms with Gasteiger partial charge in [-0.25, -0.2) is 4.79 Å². The Morgan fingerprint density at radius 2 is 1.92 bits per heavy atom. The molecular formula is C19H19NO4. The molecule has 0 unspecified atom stereocenters. The van der Waals surface area contributed by atoms with E-state index in [1.807, 2.05) is 48.5 Å². The lowest BCUT2D eigenvalue weighted by Gasteiger charge is -2.09. The quantitative estimate of drug-likeness (QED) is 0.721. The van der Waals surface area contributed by atoms with E-state index in [1.54, 1.807) is 17.7 Å². The van der Waals surface area contributed by atoms with E-state index < -0.39 is 5.97 Å². The highest BCUT2D eigenvalue weighted by Gasteiger charge is 2.17. The van der Waals surface area contributed by atoms with Crippen LogP contribution in [-0.4, -0.2) is 29.4 Å². The lowest BCUT2D eigenvalue weighted by molar-refractivity contribution is 0.0683. The first kappa shape index (κ1) is 16.1. The standard InChI is InChI=1S/C19H19NO4/c1-23-11-10-20-16-8-5-9-18(15(16)12-17(20)19(21)22)24-13-14-6-3-2-4-7-14/h2-9,12H,10-11,13H2,1H3,(H,21,22). The summed E-state index contributed by atoms with van der Waals surface area (Å²) in [5.41, 5.74) is 2.12. The van der Waals surface area contributed by atoms with Crippen LogP contribution in [0.5, 0.6) is 5.75 Å². The molecule has 0 saturated heterocycles. The Hall–Kier alpha value is -2.79. The Balaban J connectivity index is 1.95. The normalized spacial score (nSPS) is 10.9. The topological polar surface area (TPSA) is 60.7 Å². The molecule has 124 valence electrons. The van der Waals surface area contributed by atoms with Crippen LogP contribution in [-0.2, 0) is 17.9 Å². The van der Waals surface area contributed by atoms with E-state index in [4.69, 9.17) is 9.47 Å². The molecule has 2 aromatic carbocycles. The number of carboxylic acids is 1. The highest BCUT2D eigenvalue weighted by atomic mass is 16.5. The van der Waals surface area contributed by atoms with Gasteiger partial charge in [-0.1, -0.05) is 36.4 Å². The van der Waals surface area contributed by atoms with Crippen LogP contribution in [0.15, 0.2) is 54.6 Å². The molecule has 5 nitrogen and oxygen atoms in total. The second-order valence-corrected chi connectivity index (χ2v) is 5.44. The van der Waals surface area contributed by atoms with Gasteiger partial charge >= 0.3 is 5.97 Å². The Kier molecular flexibility index (Phi) is 4.82. The fourth-order valence-corrected chi connectivity index (χ4v) is 2.72. The van der Waals surface area contributed by atoms with Crippen molar-refractivity contribution in [1.82, 2.24) is 4.57 Å². The van der Waals surface area contributed by atoms with Gasteiger partial charge in [-0.05, 0) is 23.8 Å². The Labute approximate surface area is 140 Å². The van der Waals surface area contributed by atoms with Gasteiger partial charge in [0.05, 0.1) is 12.1 Å². The van der Waals surface area contributed by atoms with Crippen molar-refractivity contribution in [1.29, 1.82) is 0 Å². The van der Waals surface area contributed by atoms with Gasteiger partial charge in [-0.2, -0.15) is 0 Å². The van der Waals surface area contributed by atoms with Crippen molar-refractivity contribution < 1.29 is 19.4 Å². The van der Waals surface area contributed by atoms with Crippen LogP contribution in [0.1, 0.15) is 16.1 Å². The van der Waals surface area contributed by atoms with Gasteiger partial charge in [0.2, 0.25) is 0 Å². The second kappa shape index (κ2) is 7.19. The minimum atomic E-state index is -0.962. The summed E-state index contributed by atoms with van der Waals surface area (Å²) in [5, 5.41) is 10.3. The van der Waals surface area contributed by atoms with Crippen molar-refractivity contribution in [3.63, 3.8) is 0 Å². The molecule has 0 atom stereocenters. The van der Waals surface area contributed by atoms with Gasteiger partial charge in [0, 0.05) is 19.0 Å². The zero-order chi connectivity index (χ0) is 16.9. The monoisotopic (exact) mass is 325 g/mol. The average molecular weight is 325 g/mol. The van der Waals surface area contributed by atoms with Crippen molar-refractivity contribution in [2.24, 2.45) is 0 Å². The molecule has 0 spiro atoms. The third-order valence-corrected chi connectivity index (χ3v) is 3.88. The summed E-state index contributed by atoms with van der Waals surface area (Å²) in [4.78, 5) is 11.5. The fourth-order valence-electron chi connectivity index (χ4n) is 2.72. The van der Waals surface area contributed by atoms with E-state index in [2.05, 4.69) is 0 Å². The number of carbonyl (C=O) groups is 1. The summed E-state index contributed by atoms with van der Waals surface area (Å²) in [6.07, 6.45) is 0. The first-order chi connectivity index (χ1) is 11.7. The van der Waals surface area contributed by atoms with Gasteiger partial charge in [0.25, 0.3) is 0 Å². The second-order valence-electron chi connectivity index (χ2n) is 5.44. The highest BCUT2D eigenvalue weighted by Crippen LogP contribution is 2.29. The van der Waals surface area contributed by atoms with Crippen molar-refractivity contribution in [2.75, 3.05) is 13.7 Å². The molecule has 0 aliphatic rings. The van der Waals surface area contributed by atoms with Crippen LogP contribution in [0.25, 0.3) is 10.9 Å². The average Bonchev–Trinajstić information content (AvgIpc) is 2.98. The lowest BCUT2D eigenvalue weighted by atomic mass is 10.2. The molecule has 1 heterocycles. The smallest absolute Gasteiger partial charge is 0.352 e. The number of nitrogens with zero attached hydrogens (tertiary/aromatic N) is 1. The maximum Gasteiger partial charge on any atom is 0.352 e. The number of benzene rings is 2. The maximum atomic E-state index is 11.5. The van der Waals surface area contributed by atoms with Gasteiger partial charge in [-0.15, -0.1) is 0 Å². The SMILES string of the molecule is COCCn1c(C(=O)O)cc2c(OCc3ccccc3)cccc21. The summed E-state index contributed by atoms with van der Waals surface area (Å²) in [7, 11) is 1.60. The Morgan fingerprint density at radius 1 is 1.12 bits per heavy atom. The zero-order valence-corrected chi connectivity index (χ0v) is 13.4. The third-order valence-electron chi connectivity index (χ3n) is 3.88. The molecule has 0 aliphatic carbocycles. The van der Waals surface area contributed by atoms with Crippen molar-refractivity contribution >= 4 is 16.9 Å². The molecule has 0 saturated carbocycles. The van der Waals surface area contributed by atoms with Crippen LogP contribution >= 0.6 is 0 Å². The molecule has 5 heteroatoms. The number of rotatable bonds is 7. The third kappa shape index (κ3) is 3.26. The van der Waals surface area contributed by atoms with Gasteiger partial charge < -0.3 is 19.1 Å². The number of hydrogen-bond acceptors (Lipinski definition) is 3. The minimum absolute atomic E-state index is 0.234. The Morgan fingerprint density at radius 3 is 2.62 bits per heavy atom. The van der Waals surface area contributed by atoms with E-state index in [1.165, 1.54) is 0 Å². The van der Waals surface area contributed by atoms with E-state index >= 15 is 0 Å². The van der Waals surface area contributed by atoms with Gasteiger partial charge in [-0.3, -0.25) is 0 Å². The molecule has 0 amide bonds. The number of fused-ring (bicyclic) bond motifs is 1. The number of aromatic nitrogens is 1. The molecule has 0 aliphatic heterocycles. The number of ether oxygens (including phenoxy) is 2. The summed E-state index contributed by atoms with van der Waals surface area (Å²) in [6.45, 7) is 1.36. The van der Waals surface area contributed by atoms with Gasteiger partial charge in [0.1, 0.15) is 18.1 Å². The summed E-state index contributed by atoms with van der Waals surface area (Å²) >= 11 is 0. The van der Waals surface area contributed by atoms with E-state index in [9.17, 15) is 9.90 Å². The van der Waals surface area contributed by atoms with E-state index in [0.29, 0.717) is 25.5 Å². The predicted molar refractivity (Wildman–Crippen MR) is 91.5 cm³/mol. The predicted octanol–water partition coefficient (Wildman–Crippen LogP) is 3.56. The van der Waals surface area contributed by atoms with Crippen molar-refractivity contribution in [3.8, 4) is 5.75 Å². The van der Waals surface area contributed by atoms with Gasteiger partial charge in [0.15, 0.2) is 0 Å². The number of methoxy groups -OCH3 is 1. The molecule has 0 bridgehead atoms. The highest BCUT2D eigenvalue weighted by molar-refractivity contribution is 5.97.